The Bertz CT molecular complexity index is 302. The van der Waals surface area contributed by atoms with Gasteiger partial charge in [-0.05, 0) is 25.7 Å². The summed E-state index contributed by atoms with van der Waals surface area (Å²) in [5.41, 5.74) is -0.263. The maximum absolute atomic E-state index is 11.3. The molecule has 2 rings (SSSR count). The van der Waals surface area contributed by atoms with E-state index in [0.29, 0.717) is 25.7 Å². The number of fused-ring (bicyclic) bond motifs is 1. The lowest BCUT2D eigenvalue weighted by Gasteiger charge is -2.32. The van der Waals surface area contributed by atoms with Crippen molar-refractivity contribution < 1.29 is 19.9 Å². The number of nitrogens with one attached hydrogen (secondary N) is 2. The first-order valence-corrected chi connectivity index (χ1v) is 6.12. The fourth-order valence-electron chi connectivity index (χ4n) is 3.31. The topological polar surface area (TPSA) is 102 Å². The van der Waals surface area contributed by atoms with Crippen LogP contribution in [-0.4, -0.2) is 53.4 Å². The zero-order valence-electron chi connectivity index (χ0n) is 9.72. The Labute approximate surface area is 101 Å². The van der Waals surface area contributed by atoms with E-state index in [1.165, 1.54) is 0 Å². The first kappa shape index (κ1) is 12.8. The fourth-order valence-corrected chi connectivity index (χ4v) is 3.31. The molecule has 17 heavy (non-hydrogen) atoms. The Morgan fingerprint density at radius 1 is 1.41 bits per heavy atom. The second kappa shape index (κ2) is 4.93. The van der Waals surface area contributed by atoms with Crippen LogP contribution in [0.25, 0.3) is 0 Å². The Morgan fingerprint density at radius 2 is 2.18 bits per heavy atom. The number of aliphatic carboxylic acids is 1. The third kappa shape index (κ3) is 2.33. The van der Waals surface area contributed by atoms with Crippen molar-refractivity contribution in [1.82, 2.24) is 10.6 Å². The molecule has 7 heteroatoms. The number of hydrogen-bond acceptors (Lipinski definition) is 5. The van der Waals surface area contributed by atoms with Gasteiger partial charge in [0.15, 0.2) is 0 Å². The Balaban J connectivity index is 2.03. The average Bonchev–Trinajstić information content (AvgIpc) is 2.73. The molecule has 0 radical (unpaired) electrons. The van der Waals surface area contributed by atoms with Crippen LogP contribution < -0.4 is 10.6 Å². The van der Waals surface area contributed by atoms with Gasteiger partial charge in [-0.25, -0.2) is 0 Å². The molecular weight excluding hydrogens is 223 g/mol. The highest BCUT2D eigenvalue weighted by molar-refractivity contribution is 6.40. The van der Waals surface area contributed by atoms with Crippen molar-refractivity contribution >= 4 is 13.1 Å². The Hall–Kier alpha value is -0.625. The Kier molecular flexibility index (Phi) is 3.72. The highest BCUT2D eigenvalue weighted by Gasteiger charge is 2.55. The van der Waals surface area contributed by atoms with Crippen LogP contribution in [0.3, 0.4) is 0 Å². The van der Waals surface area contributed by atoms with Crippen LogP contribution in [0.1, 0.15) is 19.3 Å². The van der Waals surface area contributed by atoms with Crippen molar-refractivity contribution in [2.45, 2.75) is 37.7 Å². The van der Waals surface area contributed by atoms with Gasteiger partial charge in [0.2, 0.25) is 0 Å². The molecule has 0 spiro atoms. The van der Waals surface area contributed by atoms with E-state index in [0.717, 1.165) is 13.0 Å². The predicted molar refractivity (Wildman–Crippen MR) is 62.5 cm³/mol. The molecule has 0 aliphatic carbocycles. The van der Waals surface area contributed by atoms with Crippen LogP contribution in [0.4, 0.5) is 0 Å². The smallest absolute Gasteiger partial charge is 0.451 e. The zero-order valence-corrected chi connectivity index (χ0v) is 9.72. The van der Waals surface area contributed by atoms with E-state index in [1.54, 1.807) is 0 Å². The SMILES string of the molecule is O=C(O)C1NCC2NCCC21CCCB(O)O. The van der Waals surface area contributed by atoms with Gasteiger partial charge < -0.3 is 25.8 Å². The predicted octanol–water partition coefficient (Wildman–Crippen LogP) is -1.36. The summed E-state index contributed by atoms with van der Waals surface area (Å²) in [6.45, 7) is 1.52. The molecule has 6 nitrogen and oxygen atoms in total. The lowest BCUT2D eigenvalue weighted by Crippen LogP contribution is -2.45. The quantitative estimate of drug-likeness (QED) is 0.382. The molecule has 0 amide bonds. The minimum Gasteiger partial charge on any atom is -0.480 e. The standard InChI is InChI=1S/C10H19BN2O4/c14-9(15)8-10(2-1-4-11(16)17)3-5-12-7(10)6-13-8/h7-8,12-13,16-17H,1-6H2,(H,14,15). The molecule has 2 heterocycles. The van der Waals surface area contributed by atoms with Crippen molar-refractivity contribution in [2.24, 2.45) is 5.41 Å². The van der Waals surface area contributed by atoms with Gasteiger partial charge in [0.25, 0.3) is 0 Å². The molecule has 96 valence electrons. The largest absolute Gasteiger partial charge is 0.480 e. The molecule has 0 saturated carbocycles. The van der Waals surface area contributed by atoms with E-state index in [1.807, 2.05) is 0 Å². The first-order chi connectivity index (χ1) is 8.06. The third-order valence-electron chi connectivity index (χ3n) is 4.13. The summed E-state index contributed by atoms with van der Waals surface area (Å²) in [6.07, 6.45) is 2.50. The fraction of sp³-hybridized carbons (Fsp3) is 0.900. The highest BCUT2D eigenvalue weighted by Crippen LogP contribution is 2.43. The van der Waals surface area contributed by atoms with E-state index < -0.39 is 19.1 Å². The molecule has 0 aromatic heterocycles. The van der Waals surface area contributed by atoms with Gasteiger partial charge in [-0.15, -0.1) is 0 Å². The second-order valence-corrected chi connectivity index (χ2v) is 5.04. The molecule has 3 atom stereocenters. The van der Waals surface area contributed by atoms with Crippen LogP contribution in [0, 0.1) is 5.41 Å². The number of carboxylic acids is 1. The van der Waals surface area contributed by atoms with Crippen molar-refractivity contribution in [3.05, 3.63) is 0 Å². The van der Waals surface area contributed by atoms with Gasteiger partial charge in [-0.3, -0.25) is 4.79 Å². The monoisotopic (exact) mass is 242 g/mol. The van der Waals surface area contributed by atoms with Gasteiger partial charge in [0.05, 0.1) is 0 Å². The van der Waals surface area contributed by atoms with E-state index in [4.69, 9.17) is 10.0 Å². The second-order valence-electron chi connectivity index (χ2n) is 5.04. The summed E-state index contributed by atoms with van der Waals surface area (Å²) in [4.78, 5) is 11.3. The van der Waals surface area contributed by atoms with Crippen LogP contribution in [-0.2, 0) is 4.79 Å². The van der Waals surface area contributed by atoms with Gasteiger partial charge in [-0.1, -0.05) is 6.42 Å². The molecule has 2 fully saturated rings. The highest BCUT2D eigenvalue weighted by atomic mass is 16.4. The molecule has 0 aromatic carbocycles. The van der Waals surface area contributed by atoms with Crippen LogP contribution >= 0.6 is 0 Å². The maximum atomic E-state index is 11.3. The van der Waals surface area contributed by atoms with Crippen LogP contribution in [0.15, 0.2) is 0 Å². The van der Waals surface area contributed by atoms with Crippen molar-refractivity contribution in [3.63, 3.8) is 0 Å². The molecule has 2 aliphatic rings. The van der Waals surface area contributed by atoms with Crippen LogP contribution in [0.2, 0.25) is 6.32 Å². The molecular formula is C10H19BN2O4. The van der Waals surface area contributed by atoms with Crippen molar-refractivity contribution in [3.8, 4) is 0 Å². The summed E-state index contributed by atoms with van der Waals surface area (Å²) < 4.78 is 0. The molecule has 5 N–H and O–H groups in total. The lowest BCUT2D eigenvalue weighted by atomic mass is 9.70. The maximum Gasteiger partial charge on any atom is 0.451 e. The molecule has 3 unspecified atom stereocenters. The average molecular weight is 242 g/mol. The van der Waals surface area contributed by atoms with Crippen molar-refractivity contribution in [1.29, 1.82) is 0 Å². The summed E-state index contributed by atoms with van der Waals surface area (Å²) in [7, 11) is -1.29. The van der Waals surface area contributed by atoms with Gasteiger partial charge in [0.1, 0.15) is 6.04 Å². The normalized spacial score (nSPS) is 35.9. The molecule has 0 aromatic rings. The summed E-state index contributed by atoms with van der Waals surface area (Å²) >= 11 is 0. The first-order valence-electron chi connectivity index (χ1n) is 6.12. The summed E-state index contributed by atoms with van der Waals surface area (Å²) in [6, 6.07) is -0.322. The lowest BCUT2D eigenvalue weighted by molar-refractivity contribution is -0.142. The van der Waals surface area contributed by atoms with E-state index in [2.05, 4.69) is 10.6 Å². The Morgan fingerprint density at radius 3 is 2.82 bits per heavy atom. The van der Waals surface area contributed by atoms with E-state index in [-0.39, 0.29) is 11.5 Å². The van der Waals surface area contributed by atoms with Gasteiger partial charge in [-0.2, -0.15) is 0 Å². The minimum absolute atomic E-state index is 0.194. The van der Waals surface area contributed by atoms with Gasteiger partial charge >= 0.3 is 13.1 Å². The molecule has 0 bridgehead atoms. The molecule has 2 aliphatic heterocycles. The molecule has 2 saturated heterocycles. The van der Waals surface area contributed by atoms with E-state index >= 15 is 0 Å². The minimum atomic E-state index is -1.29. The number of carbonyl (C=O) groups is 1. The summed E-state index contributed by atoms with van der Waals surface area (Å²) in [5.74, 6) is -0.805. The zero-order chi connectivity index (χ0) is 12.5. The van der Waals surface area contributed by atoms with Gasteiger partial charge in [0, 0.05) is 18.0 Å². The van der Waals surface area contributed by atoms with Crippen molar-refractivity contribution in [2.75, 3.05) is 13.1 Å². The number of rotatable bonds is 5. The number of hydrogen-bond donors (Lipinski definition) is 5. The summed E-state index contributed by atoms with van der Waals surface area (Å²) in [5, 5.41) is 33.3. The third-order valence-corrected chi connectivity index (χ3v) is 4.13. The van der Waals surface area contributed by atoms with E-state index in [9.17, 15) is 9.90 Å². The van der Waals surface area contributed by atoms with Crippen LogP contribution in [0.5, 0.6) is 0 Å². The number of carboxylic acid groups (broad SMARTS) is 1.